The molecule has 2 aromatic carbocycles. The zero-order valence-corrected chi connectivity index (χ0v) is 18.6. The van der Waals surface area contributed by atoms with E-state index < -0.39 is 75.5 Å². The maximum Gasteiger partial charge on any atom is 0.446 e. The number of hydrogen-bond acceptors (Lipinski definition) is 12. The third kappa shape index (κ3) is 4.83. The average molecular weight is 526 g/mol. The molecule has 2 heterocycles. The predicted molar refractivity (Wildman–Crippen MR) is 117 cm³/mol. The number of carboxylic acid groups (broad SMARTS) is 1. The SMILES string of the molecule is O=C(O)[C@@H]1O[C@H](Oc2c(-c3ccc(O)c(OS(=O)(=O)O)c3)oc3ccccc3c2=O)[C@@H](O)[C@H](O)[C@H]1O. The summed E-state index contributed by atoms with van der Waals surface area (Å²) in [6.07, 6.45) is -10.0. The van der Waals surface area contributed by atoms with Crippen molar-refractivity contribution in [2.45, 2.75) is 30.7 Å². The van der Waals surface area contributed by atoms with Gasteiger partial charge < -0.3 is 43.6 Å². The van der Waals surface area contributed by atoms with Crippen LogP contribution >= 0.6 is 0 Å². The van der Waals surface area contributed by atoms with E-state index in [9.17, 15) is 43.5 Å². The Morgan fingerprint density at radius 2 is 1.69 bits per heavy atom. The number of benzene rings is 2. The van der Waals surface area contributed by atoms with E-state index in [-0.39, 0.29) is 16.5 Å². The van der Waals surface area contributed by atoms with E-state index >= 15 is 0 Å². The third-order valence-electron chi connectivity index (χ3n) is 5.22. The highest BCUT2D eigenvalue weighted by atomic mass is 32.3. The molecule has 0 aliphatic carbocycles. The average Bonchev–Trinajstić information content (AvgIpc) is 2.81. The summed E-state index contributed by atoms with van der Waals surface area (Å²) in [5.41, 5.74) is -0.912. The lowest BCUT2D eigenvalue weighted by Crippen LogP contribution is -2.61. The maximum absolute atomic E-state index is 13.3. The van der Waals surface area contributed by atoms with Crippen LogP contribution in [0.2, 0.25) is 0 Å². The van der Waals surface area contributed by atoms with Crippen molar-refractivity contribution >= 4 is 27.3 Å². The number of aromatic hydroxyl groups is 1. The van der Waals surface area contributed by atoms with Crippen molar-refractivity contribution in [2.24, 2.45) is 0 Å². The lowest BCUT2D eigenvalue weighted by Gasteiger charge is -2.38. The molecule has 3 aromatic rings. The molecule has 4 rings (SSSR count). The molecule has 1 fully saturated rings. The van der Waals surface area contributed by atoms with E-state index in [2.05, 4.69) is 4.18 Å². The van der Waals surface area contributed by atoms with Crippen LogP contribution in [0.4, 0.5) is 0 Å². The molecule has 0 saturated carbocycles. The smallest absolute Gasteiger partial charge is 0.446 e. The molecule has 14 nitrogen and oxygen atoms in total. The summed E-state index contributed by atoms with van der Waals surface area (Å²) in [6, 6.07) is 8.87. The van der Waals surface area contributed by atoms with Crippen molar-refractivity contribution in [3.05, 3.63) is 52.7 Å². The van der Waals surface area contributed by atoms with E-state index in [1.165, 1.54) is 24.3 Å². The molecule has 6 N–H and O–H groups in total. The molecule has 15 heteroatoms. The van der Waals surface area contributed by atoms with Crippen LogP contribution in [-0.4, -0.2) is 75.2 Å². The molecule has 1 saturated heterocycles. The van der Waals surface area contributed by atoms with Gasteiger partial charge in [0.15, 0.2) is 23.4 Å². The van der Waals surface area contributed by atoms with Gasteiger partial charge in [-0.2, -0.15) is 8.42 Å². The van der Waals surface area contributed by atoms with Crippen molar-refractivity contribution in [1.29, 1.82) is 0 Å². The number of aliphatic hydroxyl groups excluding tert-OH is 3. The summed E-state index contributed by atoms with van der Waals surface area (Å²) in [5.74, 6) is -4.18. The zero-order chi connectivity index (χ0) is 26.4. The van der Waals surface area contributed by atoms with Crippen LogP contribution in [0.3, 0.4) is 0 Å². The Bertz CT molecular complexity index is 1480. The number of para-hydroxylation sites is 1. The Morgan fingerprint density at radius 3 is 2.36 bits per heavy atom. The van der Waals surface area contributed by atoms with Crippen molar-refractivity contribution in [3.8, 4) is 28.6 Å². The number of aliphatic carboxylic acids is 1. The Kier molecular flexibility index (Phi) is 6.61. The number of hydrogen-bond donors (Lipinski definition) is 6. The number of aliphatic hydroxyl groups is 3. The van der Waals surface area contributed by atoms with Gasteiger partial charge in [0, 0.05) is 5.56 Å². The normalized spacial score (nSPS) is 24.4. The lowest BCUT2D eigenvalue weighted by atomic mass is 9.99. The van der Waals surface area contributed by atoms with Crippen LogP contribution < -0.4 is 14.3 Å². The second kappa shape index (κ2) is 9.38. The molecule has 0 bridgehead atoms. The second-order valence-electron chi connectivity index (χ2n) is 7.63. The van der Waals surface area contributed by atoms with Crippen LogP contribution in [0.5, 0.6) is 17.2 Å². The Hall–Kier alpha value is -3.73. The topological polar surface area (TPSA) is 230 Å². The fourth-order valence-electron chi connectivity index (χ4n) is 3.52. The van der Waals surface area contributed by atoms with Gasteiger partial charge >= 0.3 is 16.4 Å². The molecule has 192 valence electrons. The summed E-state index contributed by atoms with van der Waals surface area (Å²) >= 11 is 0. The molecule has 0 spiro atoms. The number of fused-ring (bicyclic) bond motifs is 1. The molecule has 0 radical (unpaired) electrons. The van der Waals surface area contributed by atoms with Crippen LogP contribution in [-0.2, 0) is 19.9 Å². The lowest BCUT2D eigenvalue weighted by molar-refractivity contribution is -0.271. The molecule has 1 aromatic heterocycles. The van der Waals surface area contributed by atoms with Crippen molar-refractivity contribution in [3.63, 3.8) is 0 Å². The Morgan fingerprint density at radius 1 is 1.00 bits per heavy atom. The van der Waals surface area contributed by atoms with Crippen molar-refractivity contribution in [1.82, 2.24) is 0 Å². The first-order chi connectivity index (χ1) is 16.9. The van der Waals surface area contributed by atoms with Gasteiger partial charge in [0.25, 0.3) is 0 Å². The molecule has 36 heavy (non-hydrogen) atoms. The zero-order valence-electron chi connectivity index (χ0n) is 17.8. The third-order valence-corrected chi connectivity index (χ3v) is 5.61. The number of phenols is 1. The van der Waals surface area contributed by atoms with Crippen molar-refractivity contribution in [2.75, 3.05) is 0 Å². The summed E-state index contributed by atoms with van der Waals surface area (Å²) in [4.78, 5) is 24.7. The van der Waals surface area contributed by atoms with E-state index in [1.807, 2.05) is 0 Å². The van der Waals surface area contributed by atoms with E-state index in [1.54, 1.807) is 6.07 Å². The number of phenolic OH excluding ortho intramolecular Hbond substituents is 1. The fourth-order valence-corrected chi connectivity index (χ4v) is 3.88. The molecule has 1 aliphatic rings. The first kappa shape index (κ1) is 25.4. The first-order valence-electron chi connectivity index (χ1n) is 10.0. The standard InChI is InChI=1S/C21H18O14S/c22-10-6-5-8(7-12(10)35-36(29,30)31)17-18(13(23)9-3-1-2-4-11(9)32-17)33-21-16(26)14(24)15(25)19(34-21)20(27)28/h1-7,14-16,19,21-22,24-26H,(H,27,28)(H,29,30,31)/t14-,15-,16+,19-,21+/m1/s1. The quantitative estimate of drug-likeness (QED) is 0.225. The summed E-state index contributed by atoms with van der Waals surface area (Å²) in [7, 11) is -5.05. The van der Waals surface area contributed by atoms with Gasteiger partial charge in [-0.15, -0.1) is 0 Å². The van der Waals surface area contributed by atoms with Gasteiger partial charge in [-0.3, -0.25) is 9.35 Å². The van der Waals surface area contributed by atoms with E-state index in [4.69, 9.17) is 18.4 Å². The predicted octanol–water partition coefficient (Wildman–Crippen LogP) is -0.382. The minimum absolute atomic E-state index is 0.00916. The van der Waals surface area contributed by atoms with Gasteiger partial charge in [0.1, 0.15) is 23.9 Å². The molecule has 1 aliphatic heterocycles. The Labute approximate surface area is 201 Å². The number of ether oxygens (including phenoxy) is 2. The first-order valence-corrected chi connectivity index (χ1v) is 11.4. The van der Waals surface area contributed by atoms with Crippen LogP contribution in [0.1, 0.15) is 0 Å². The summed E-state index contributed by atoms with van der Waals surface area (Å²) < 4.78 is 51.8. The fraction of sp³-hybridized carbons (Fsp3) is 0.238. The summed E-state index contributed by atoms with van der Waals surface area (Å²) in [6.45, 7) is 0. The minimum atomic E-state index is -5.05. The van der Waals surface area contributed by atoms with Gasteiger partial charge in [0.2, 0.25) is 17.5 Å². The van der Waals surface area contributed by atoms with Crippen LogP contribution in [0, 0.1) is 0 Å². The second-order valence-corrected chi connectivity index (χ2v) is 8.65. The summed E-state index contributed by atoms with van der Waals surface area (Å²) in [5, 5.41) is 49.4. The Balaban J connectivity index is 1.87. The van der Waals surface area contributed by atoms with E-state index in [0.717, 1.165) is 12.1 Å². The highest BCUT2D eigenvalue weighted by Gasteiger charge is 2.48. The van der Waals surface area contributed by atoms with Crippen LogP contribution in [0.25, 0.3) is 22.3 Å². The molecule has 5 atom stereocenters. The monoisotopic (exact) mass is 526 g/mol. The highest BCUT2D eigenvalue weighted by Crippen LogP contribution is 2.38. The highest BCUT2D eigenvalue weighted by molar-refractivity contribution is 7.81. The van der Waals surface area contributed by atoms with Gasteiger partial charge in [0.05, 0.1) is 5.39 Å². The molecule has 0 amide bonds. The van der Waals surface area contributed by atoms with Gasteiger partial charge in [-0.05, 0) is 30.3 Å². The van der Waals surface area contributed by atoms with Crippen LogP contribution in [0.15, 0.2) is 51.7 Å². The number of carboxylic acids is 1. The minimum Gasteiger partial charge on any atom is -0.504 e. The molecular formula is C21H18O14S. The molecular weight excluding hydrogens is 508 g/mol. The number of rotatable bonds is 6. The van der Waals surface area contributed by atoms with Crippen molar-refractivity contribution < 1.29 is 61.4 Å². The van der Waals surface area contributed by atoms with E-state index in [0.29, 0.717) is 0 Å². The molecule has 0 unspecified atom stereocenters. The van der Waals surface area contributed by atoms with Gasteiger partial charge in [-0.1, -0.05) is 12.1 Å². The maximum atomic E-state index is 13.3. The van der Waals surface area contributed by atoms with Gasteiger partial charge in [-0.25, -0.2) is 4.79 Å². The largest absolute Gasteiger partial charge is 0.504 e. The number of carbonyl (C=O) groups is 1.